The van der Waals surface area contributed by atoms with E-state index in [0.717, 1.165) is 22.3 Å². The fourth-order valence-corrected chi connectivity index (χ4v) is 2.51. The molecule has 5 heteroatoms. The Morgan fingerprint density at radius 1 is 1.32 bits per heavy atom. The molecule has 0 aliphatic carbocycles. The van der Waals surface area contributed by atoms with Crippen LogP contribution in [0.1, 0.15) is 37.6 Å². The standard InChI is InChI=1S/C17H24N2O3/c1-11(8-9-20)10-18-17(21)19-13(3)16-12(2)14-6-4-5-7-15(14)22-16/h4-7,11,13,20H,8-10H2,1-3H3,(H2,18,19,21). The molecule has 0 fully saturated rings. The molecular formula is C17H24N2O3. The first-order chi connectivity index (χ1) is 10.5. The van der Waals surface area contributed by atoms with Gasteiger partial charge in [-0.2, -0.15) is 0 Å². The van der Waals surface area contributed by atoms with Gasteiger partial charge in [-0.3, -0.25) is 0 Å². The van der Waals surface area contributed by atoms with Crippen LogP contribution in [0.5, 0.6) is 0 Å². The lowest BCUT2D eigenvalue weighted by atomic mass is 10.1. The molecule has 0 saturated carbocycles. The summed E-state index contributed by atoms with van der Waals surface area (Å²) >= 11 is 0. The second-order valence-corrected chi connectivity index (χ2v) is 5.78. The molecule has 120 valence electrons. The number of rotatable bonds is 6. The van der Waals surface area contributed by atoms with E-state index in [1.54, 1.807) is 0 Å². The third-order valence-electron chi connectivity index (χ3n) is 3.85. The number of aliphatic hydroxyl groups is 1. The predicted molar refractivity (Wildman–Crippen MR) is 86.8 cm³/mol. The topological polar surface area (TPSA) is 74.5 Å². The van der Waals surface area contributed by atoms with Crippen molar-refractivity contribution in [3.05, 3.63) is 35.6 Å². The Bertz CT molecular complexity index is 636. The highest BCUT2D eigenvalue weighted by Gasteiger charge is 2.18. The van der Waals surface area contributed by atoms with Gasteiger partial charge in [-0.1, -0.05) is 25.1 Å². The largest absolute Gasteiger partial charge is 0.459 e. The smallest absolute Gasteiger partial charge is 0.315 e. The predicted octanol–water partition coefficient (Wildman–Crippen LogP) is 3.12. The van der Waals surface area contributed by atoms with Gasteiger partial charge in [-0.25, -0.2) is 4.79 Å². The monoisotopic (exact) mass is 304 g/mol. The second kappa shape index (κ2) is 7.31. The molecule has 0 aliphatic heterocycles. The summed E-state index contributed by atoms with van der Waals surface area (Å²) in [5, 5.41) is 15.6. The Morgan fingerprint density at radius 2 is 2.05 bits per heavy atom. The normalized spacial score (nSPS) is 13.8. The molecule has 2 rings (SSSR count). The van der Waals surface area contributed by atoms with E-state index in [-0.39, 0.29) is 24.6 Å². The molecule has 2 amide bonds. The van der Waals surface area contributed by atoms with Gasteiger partial charge in [0.05, 0.1) is 6.04 Å². The van der Waals surface area contributed by atoms with E-state index >= 15 is 0 Å². The Kier molecular flexibility index (Phi) is 5.44. The van der Waals surface area contributed by atoms with E-state index in [1.165, 1.54) is 0 Å². The highest BCUT2D eigenvalue weighted by molar-refractivity contribution is 5.82. The molecule has 1 aromatic heterocycles. The minimum absolute atomic E-state index is 0.138. The molecular weight excluding hydrogens is 280 g/mol. The maximum absolute atomic E-state index is 11.9. The van der Waals surface area contributed by atoms with Gasteiger partial charge in [-0.15, -0.1) is 0 Å². The van der Waals surface area contributed by atoms with Crippen molar-refractivity contribution in [2.24, 2.45) is 5.92 Å². The maximum Gasteiger partial charge on any atom is 0.315 e. The Balaban J connectivity index is 1.97. The zero-order chi connectivity index (χ0) is 16.1. The summed E-state index contributed by atoms with van der Waals surface area (Å²) in [6.07, 6.45) is 0.679. The number of aryl methyl sites for hydroxylation is 1. The van der Waals surface area contributed by atoms with Crippen LogP contribution < -0.4 is 10.6 Å². The third-order valence-corrected chi connectivity index (χ3v) is 3.85. The average molecular weight is 304 g/mol. The highest BCUT2D eigenvalue weighted by atomic mass is 16.3. The van der Waals surface area contributed by atoms with Crippen LogP contribution in [0.15, 0.2) is 28.7 Å². The summed E-state index contributed by atoms with van der Waals surface area (Å²) in [5.74, 6) is 1.03. The molecule has 5 nitrogen and oxygen atoms in total. The van der Waals surface area contributed by atoms with Crippen LogP contribution in [0.2, 0.25) is 0 Å². The fourth-order valence-electron chi connectivity index (χ4n) is 2.51. The molecule has 0 aliphatic rings. The Morgan fingerprint density at radius 3 is 2.73 bits per heavy atom. The van der Waals surface area contributed by atoms with E-state index in [0.29, 0.717) is 13.0 Å². The van der Waals surface area contributed by atoms with Crippen molar-refractivity contribution in [1.82, 2.24) is 10.6 Å². The number of carbonyl (C=O) groups excluding carboxylic acids is 1. The molecule has 1 aromatic carbocycles. The minimum Gasteiger partial charge on any atom is -0.459 e. The number of aliphatic hydroxyl groups excluding tert-OH is 1. The van der Waals surface area contributed by atoms with Gasteiger partial charge in [-0.05, 0) is 32.3 Å². The number of benzene rings is 1. The van der Waals surface area contributed by atoms with Gasteiger partial charge in [0.15, 0.2) is 0 Å². The summed E-state index contributed by atoms with van der Waals surface area (Å²) in [6, 6.07) is 7.42. The number of carbonyl (C=O) groups is 1. The summed E-state index contributed by atoms with van der Waals surface area (Å²) in [4.78, 5) is 11.9. The van der Waals surface area contributed by atoms with Crippen LogP contribution in [0.3, 0.4) is 0 Å². The van der Waals surface area contributed by atoms with Gasteiger partial charge in [0.1, 0.15) is 11.3 Å². The highest BCUT2D eigenvalue weighted by Crippen LogP contribution is 2.28. The van der Waals surface area contributed by atoms with Crippen LogP contribution in [-0.4, -0.2) is 24.3 Å². The number of para-hydroxylation sites is 1. The molecule has 0 radical (unpaired) electrons. The number of urea groups is 1. The van der Waals surface area contributed by atoms with Crippen LogP contribution in [0.4, 0.5) is 4.79 Å². The van der Waals surface area contributed by atoms with Crippen molar-refractivity contribution >= 4 is 17.0 Å². The summed E-state index contributed by atoms with van der Waals surface area (Å²) < 4.78 is 5.85. The lowest BCUT2D eigenvalue weighted by molar-refractivity contribution is 0.230. The van der Waals surface area contributed by atoms with Gasteiger partial charge in [0, 0.05) is 24.1 Å². The number of hydrogen-bond acceptors (Lipinski definition) is 3. The first-order valence-corrected chi connectivity index (χ1v) is 7.66. The molecule has 0 saturated heterocycles. The molecule has 2 aromatic rings. The van der Waals surface area contributed by atoms with Crippen LogP contribution >= 0.6 is 0 Å². The summed E-state index contributed by atoms with van der Waals surface area (Å²) in [6.45, 7) is 6.57. The van der Waals surface area contributed by atoms with E-state index in [2.05, 4.69) is 10.6 Å². The lowest BCUT2D eigenvalue weighted by Gasteiger charge is -2.15. The third kappa shape index (κ3) is 3.80. The van der Waals surface area contributed by atoms with Crippen molar-refractivity contribution in [1.29, 1.82) is 0 Å². The molecule has 2 atom stereocenters. The van der Waals surface area contributed by atoms with Gasteiger partial charge < -0.3 is 20.2 Å². The van der Waals surface area contributed by atoms with Crippen molar-refractivity contribution in [3.8, 4) is 0 Å². The number of fused-ring (bicyclic) bond motifs is 1. The van der Waals surface area contributed by atoms with Gasteiger partial charge in [0.25, 0.3) is 0 Å². The zero-order valence-corrected chi connectivity index (χ0v) is 13.3. The van der Waals surface area contributed by atoms with Crippen molar-refractivity contribution in [2.75, 3.05) is 13.2 Å². The molecule has 0 bridgehead atoms. The Hall–Kier alpha value is -2.01. The summed E-state index contributed by atoms with van der Waals surface area (Å²) in [7, 11) is 0. The zero-order valence-electron chi connectivity index (χ0n) is 13.3. The van der Waals surface area contributed by atoms with Crippen molar-refractivity contribution in [3.63, 3.8) is 0 Å². The molecule has 3 N–H and O–H groups in total. The number of amides is 2. The summed E-state index contributed by atoms with van der Waals surface area (Å²) in [5.41, 5.74) is 1.89. The van der Waals surface area contributed by atoms with Crippen LogP contribution in [0, 0.1) is 12.8 Å². The molecule has 0 spiro atoms. The first-order valence-electron chi connectivity index (χ1n) is 7.66. The number of hydrogen-bond donors (Lipinski definition) is 3. The SMILES string of the molecule is Cc1c(C(C)NC(=O)NCC(C)CCO)oc2ccccc12. The van der Waals surface area contributed by atoms with Gasteiger partial charge in [0.2, 0.25) is 0 Å². The number of furan rings is 1. The van der Waals surface area contributed by atoms with Crippen molar-refractivity contribution in [2.45, 2.75) is 33.2 Å². The quantitative estimate of drug-likeness (QED) is 0.767. The Labute approximate surface area is 130 Å². The minimum atomic E-state index is -0.225. The maximum atomic E-state index is 11.9. The van der Waals surface area contributed by atoms with Crippen LogP contribution in [0.25, 0.3) is 11.0 Å². The van der Waals surface area contributed by atoms with Crippen LogP contribution in [-0.2, 0) is 0 Å². The number of nitrogens with one attached hydrogen (secondary N) is 2. The molecule has 2 unspecified atom stereocenters. The van der Waals surface area contributed by atoms with Crippen molar-refractivity contribution < 1.29 is 14.3 Å². The second-order valence-electron chi connectivity index (χ2n) is 5.78. The molecule has 1 heterocycles. The average Bonchev–Trinajstić information content (AvgIpc) is 2.83. The van der Waals surface area contributed by atoms with E-state index < -0.39 is 0 Å². The fraction of sp³-hybridized carbons (Fsp3) is 0.471. The van der Waals surface area contributed by atoms with E-state index in [1.807, 2.05) is 45.0 Å². The first kappa shape index (κ1) is 16.4. The van der Waals surface area contributed by atoms with E-state index in [9.17, 15) is 4.79 Å². The molecule has 22 heavy (non-hydrogen) atoms. The lowest BCUT2D eigenvalue weighted by Crippen LogP contribution is -2.39. The van der Waals surface area contributed by atoms with E-state index in [4.69, 9.17) is 9.52 Å². The van der Waals surface area contributed by atoms with Gasteiger partial charge >= 0.3 is 6.03 Å².